The Balaban J connectivity index is 1.87. The highest BCUT2D eigenvalue weighted by atomic mass is 19.4. The molecular formula is C14H11F3N4O3. The molecule has 1 aliphatic carbocycles. The van der Waals surface area contributed by atoms with Crippen molar-refractivity contribution in [3.63, 3.8) is 0 Å². The zero-order chi connectivity index (χ0) is 17.5. The SMILES string of the molecule is O=C(NC1(C(=O)O)CC1)c1cn(-c2ccccc2C(F)(F)F)nn1. The minimum Gasteiger partial charge on any atom is -0.480 e. The third-order valence-corrected chi connectivity index (χ3v) is 3.69. The second-order valence-corrected chi connectivity index (χ2v) is 5.40. The largest absolute Gasteiger partial charge is 0.480 e. The number of carboxylic acids is 1. The Labute approximate surface area is 133 Å². The van der Waals surface area contributed by atoms with Gasteiger partial charge in [-0.2, -0.15) is 13.2 Å². The van der Waals surface area contributed by atoms with Crippen molar-refractivity contribution in [1.29, 1.82) is 0 Å². The number of hydrogen-bond donors (Lipinski definition) is 2. The van der Waals surface area contributed by atoms with Crippen LogP contribution in [0, 0.1) is 0 Å². The van der Waals surface area contributed by atoms with E-state index in [1.807, 2.05) is 0 Å². The van der Waals surface area contributed by atoms with Crippen molar-refractivity contribution in [3.8, 4) is 5.69 Å². The monoisotopic (exact) mass is 340 g/mol. The Morgan fingerprint density at radius 2 is 1.92 bits per heavy atom. The molecule has 1 heterocycles. The molecular weight excluding hydrogens is 329 g/mol. The third-order valence-electron chi connectivity index (χ3n) is 3.69. The Hall–Kier alpha value is -2.91. The topological polar surface area (TPSA) is 97.1 Å². The summed E-state index contributed by atoms with van der Waals surface area (Å²) in [5.74, 6) is -1.96. The number of nitrogens with one attached hydrogen (secondary N) is 1. The number of halogens is 3. The zero-order valence-corrected chi connectivity index (χ0v) is 12.0. The number of amides is 1. The van der Waals surface area contributed by atoms with Gasteiger partial charge in [0, 0.05) is 0 Å². The first-order chi connectivity index (χ1) is 11.2. The molecule has 1 aromatic heterocycles. The van der Waals surface area contributed by atoms with Crippen molar-refractivity contribution in [1.82, 2.24) is 20.3 Å². The summed E-state index contributed by atoms with van der Waals surface area (Å²) in [6.45, 7) is 0. The summed E-state index contributed by atoms with van der Waals surface area (Å²) in [5.41, 5.74) is -2.79. The minimum absolute atomic E-state index is 0.264. The van der Waals surface area contributed by atoms with Gasteiger partial charge in [0.2, 0.25) is 0 Å². The zero-order valence-electron chi connectivity index (χ0n) is 12.0. The summed E-state index contributed by atoms with van der Waals surface area (Å²) in [6.07, 6.45) is -2.98. The molecule has 0 atom stereocenters. The Bertz CT molecular complexity index is 812. The van der Waals surface area contributed by atoms with Gasteiger partial charge in [-0.3, -0.25) is 4.79 Å². The van der Waals surface area contributed by atoms with Crippen molar-refractivity contribution in [2.24, 2.45) is 0 Å². The Kier molecular flexibility index (Phi) is 3.54. The molecule has 1 aliphatic rings. The normalized spacial score (nSPS) is 15.8. The fourth-order valence-electron chi connectivity index (χ4n) is 2.20. The highest BCUT2D eigenvalue weighted by Gasteiger charge is 2.52. The van der Waals surface area contributed by atoms with Gasteiger partial charge in [0.25, 0.3) is 5.91 Å². The van der Waals surface area contributed by atoms with E-state index in [0.29, 0.717) is 12.8 Å². The maximum absolute atomic E-state index is 13.0. The number of aromatic nitrogens is 3. The van der Waals surface area contributed by atoms with Crippen LogP contribution in [0.4, 0.5) is 13.2 Å². The number of benzene rings is 1. The fraction of sp³-hybridized carbons (Fsp3) is 0.286. The molecule has 0 unspecified atom stereocenters. The van der Waals surface area contributed by atoms with Crippen molar-refractivity contribution in [2.75, 3.05) is 0 Å². The van der Waals surface area contributed by atoms with Crippen molar-refractivity contribution in [2.45, 2.75) is 24.6 Å². The van der Waals surface area contributed by atoms with Gasteiger partial charge >= 0.3 is 12.1 Å². The predicted octanol–water partition coefficient (Wildman–Crippen LogP) is 1.63. The summed E-state index contributed by atoms with van der Waals surface area (Å²) >= 11 is 0. The van der Waals surface area contributed by atoms with E-state index in [1.54, 1.807) is 0 Å². The van der Waals surface area contributed by atoms with Gasteiger partial charge in [-0.05, 0) is 25.0 Å². The van der Waals surface area contributed by atoms with E-state index >= 15 is 0 Å². The van der Waals surface area contributed by atoms with Gasteiger partial charge in [0.15, 0.2) is 5.69 Å². The first-order valence-corrected chi connectivity index (χ1v) is 6.88. The summed E-state index contributed by atoms with van der Waals surface area (Å²) in [7, 11) is 0. The number of hydrogen-bond acceptors (Lipinski definition) is 4. The number of nitrogens with zero attached hydrogens (tertiary/aromatic N) is 3. The molecule has 10 heteroatoms. The summed E-state index contributed by atoms with van der Waals surface area (Å²) < 4.78 is 39.9. The van der Waals surface area contributed by atoms with E-state index in [2.05, 4.69) is 15.6 Å². The molecule has 126 valence electrons. The third kappa shape index (κ3) is 2.82. The molecule has 3 rings (SSSR count). The van der Waals surface area contributed by atoms with Crippen molar-refractivity contribution < 1.29 is 27.9 Å². The molecule has 0 bridgehead atoms. The van der Waals surface area contributed by atoms with Crippen LogP contribution in [0.5, 0.6) is 0 Å². The van der Waals surface area contributed by atoms with E-state index < -0.39 is 29.2 Å². The molecule has 24 heavy (non-hydrogen) atoms. The number of alkyl halides is 3. The van der Waals surface area contributed by atoms with Gasteiger partial charge in [0.1, 0.15) is 5.54 Å². The van der Waals surface area contributed by atoms with Gasteiger partial charge in [0.05, 0.1) is 17.4 Å². The minimum atomic E-state index is -4.59. The number of rotatable bonds is 4. The summed E-state index contributed by atoms with van der Waals surface area (Å²) in [5, 5.41) is 18.4. The van der Waals surface area contributed by atoms with Crippen LogP contribution in [-0.4, -0.2) is 37.5 Å². The van der Waals surface area contributed by atoms with E-state index in [4.69, 9.17) is 5.11 Å². The second-order valence-electron chi connectivity index (χ2n) is 5.40. The van der Waals surface area contributed by atoms with Gasteiger partial charge in [-0.25, -0.2) is 9.48 Å². The number of aliphatic carboxylic acids is 1. The molecule has 2 aromatic rings. The lowest BCUT2D eigenvalue weighted by molar-refractivity contribution is -0.140. The van der Waals surface area contributed by atoms with Crippen LogP contribution >= 0.6 is 0 Å². The fourth-order valence-corrected chi connectivity index (χ4v) is 2.20. The van der Waals surface area contributed by atoms with Gasteiger partial charge in [-0.1, -0.05) is 17.3 Å². The van der Waals surface area contributed by atoms with Crippen molar-refractivity contribution >= 4 is 11.9 Å². The van der Waals surface area contributed by atoms with Crippen LogP contribution in [0.1, 0.15) is 28.9 Å². The molecule has 0 saturated heterocycles. The van der Waals surface area contributed by atoms with Crippen LogP contribution in [0.3, 0.4) is 0 Å². The Morgan fingerprint density at radius 3 is 2.50 bits per heavy atom. The van der Waals surface area contributed by atoms with Crippen LogP contribution in [0.25, 0.3) is 5.69 Å². The van der Waals surface area contributed by atoms with Crippen molar-refractivity contribution in [3.05, 3.63) is 41.7 Å². The average molecular weight is 340 g/mol. The van der Waals surface area contributed by atoms with E-state index in [0.717, 1.165) is 16.9 Å². The van der Waals surface area contributed by atoms with Crippen LogP contribution in [0.2, 0.25) is 0 Å². The number of para-hydroxylation sites is 1. The summed E-state index contributed by atoms with van der Waals surface area (Å²) in [4.78, 5) is 23.1. The first kappa shape index (κ1) is 16.0. The molecule has 7 nitrogen and oxygen atoms in total. The molecule has 1 amide bonds. The molecule has 0 spiro atoms. The number of carboxylic acid groups (broad SMARTS) is 1. The molecule has 0 aliphatic heterocycles. The lowest BCUT2D eigenvalue weighted by Crippen LogP contribution is -2.43. The second kappa shape index (κ2) is 5.32. The number of carbonyl (C=O) groups excluding carboxylic acids is 1. The maximum Gasteiger partial charge on any atom is 0.418 e. The standard InChI is InChI=1S/C14H11F3N4O3/c15-14(16,17)8-3-1-2-4-10(8)21-7-9(19-20-21)11(22)18-13(5-6-13)12(23)24/h1-4,7H,5-6H2,(H,18,22)(H,23,24). The maximum atomic E-state index is 13.0. The molecule has 1 saturated carbocycles. The lowest BCUT2D eigenvalue weighted by atomic mass is 10.1. The molecule has 1 aromatic carbocycles. The van der Waals surface area contributed by atoms with Gasteiger partial charge < -0.3 is 10.4 Å². The van der Waals surface area contributed by atoms with E-state index in [1.165, 1.54) is 18.2 Å². The van der Waals surface area contributed by atoms with Gasteiger partial charge in [-0.15, -0.1) is 5.10 Å². The lowest BCUT2D eigenvalue weighted by Gasteiger charge is -2.11. The quantitative estimate of drug-likeness (QED) is 0.882. The van der Waals surface area contributed by atoms with E-state index in [9.17, 15) is 22.8 Å². The van der Waals surface area contributed by atoms with E-state index in [-0.39, 0.29) is 11.4 Å². The van der Waals surface area contributed by atoms with Crippen LogP contribution in [-0.2, 0) is 11.0 Å². The molecule has 1 fully saturated rings. The Morgan fingerprint density at radius 1 is 1.25 bits per heavy atom. The van der Waals surface area contributed by atoms with Crippen LogP contribution in [0.15, 0.2) is 30.5 Å². The summed E-state index contributed by atoms with van der Waals surface area (Å²) in [6, 6.07) is 4.72. The number of carbonyl (C=O) groups is 2. The highest BCUT2D eigenvalue weighted by Crippen LogP contribution is 2.36. The highest BCUT2D eigenvalue weighted by molar-refractivity contribution is 5.97. The molecule has 0 radical (unpaired) electrons. The van der Waals surface area contributed by atoms with Crippen LogP contribution < -0.4 is 5.32 Å². The smallest absolute Gasteiger partial charge is 0.418 e. The molecule has 2 N–H and O–H groups in total. The predicted molar refractivity (Wildman–Crippen MR) is 73.4 cm³/mol. The first-order valence-electron chi connectivity index (χ1n) is 6.88. The average Bonchev–Trinajstić information content (AvgIpc) is 3.13.